The predicted octanol–water partition coefficient (Wildman–Crippen LogP) is 5.68. The monoisotopic (exact) mass is 514 g/mol. The molecule has 168 valence electrons. The molecule has 0 aliphatic carbocycles. The first-order valence-corrected chi connectivity index (χ1v) is 12.7. The molecule has 1 amide bonds. The molecule has 0 heterocycles. The van der Waals surface area contributed by atoms with Gasteiger partial charge < -0.3 is 5.32 Å². The van der Waals surface area contributed by atoms with E-state index in [0.29, 0.717) is 12.8 Å². The molecule has 0 spiro atoms. The number of hydrogen-bond acceptors (Lipinski definition) is 3. The Balaban J connectivity index is 1.59. The first-order valence-electron chi connectivity index (χ1n) is 10.4. The Hall–Kier alpha value is -2.48. The highest BCUT2D eigenvalue weighted by atomic mass is 79.9. The zero-order chi connectivity index (χ0) is 23.3. The second kappa shape index (κ2) is 10.4. The third kappa shape index (κ3) is 6.28. The Morgan fingerprint density at radius 1 is 0.969 bits per heavy atom. The van der Waals surface area contributed by atoms with Crippen molar-refractivity contribution in [2.45, 2.75) is 44.6 Å². The van der Waals surface area contributed by atoms with Crippen LogP contribution in [0.5, 0.6) is 0 Å². The molecule has 0 saturated heterocycles. The first-order chi connectivity index (χ1) is 15.2. The van der Waals surface area contributed by atoms with Crippen LogP contribution >= 0.6 is 15.9 Å². The molecule has 0 aliphatic rings. The number of halogens is 1. The summed E-state index contributed by atoms with van der Waals surface area (Å²) >= 11 is 3.46. The van der Waals surface area contributed by atoms with E-state index in [4.69, 9.17) is 0 Å². The molecule has 3 aromatic carbocycles. The summed E-state index contributed by atoms with van der Waals surface area (Å²) in [6.45, 7) is 5.73. The van der Waals surface area contributed by atoms with E-state index in [2.05, 4.69) is 26.0 Å². The lowest BCUT2D eigenvalue weighted by Gasteiger charge is -2.15. The fourth-order valence-electron chi connectivity index (χ4n) is 3.51. The van der Waals surface area contributed by atoms with Crippen LogP contribution in [-0.4, -0.2) is 14.3 Å². The second-order valence-corrected chi connectivity index (χ2v) is 10.5. The summed E-state index contributed by atoms with van der Waals surface area (Å²) in [6, 6.07) is 19.7. The second-order valence-electron chi connectivity index (χ2n) is 7.86. The van der Waals surface area contributed by atoms with Gasteiger partial charge >= 0.3 is 0 Å². The van der Waals surface area contributed by atoms with Crippen molar-refractivity contribution in [3.8, 4) is 0 Å². The molecule has 0 fully saturated rings. The fraction of sp³-hybridized carbons (Fsp3) is 0.240. The minimum Gasteiger partial charge on any atom is -0.326 e. The van der Waals surface area contributed by atoms with E-state index in [1.54, 1.807) is 24.3 Å². The number of carbonyl (C=O) groups excluding carboxylic acids is 1. The number of nitrogens with one attached hydrogen (secondary N) is 2. The summed E-state index contributed by atoms with van der Waals surface area (Å²) in [5.41, 5.74) is 4.63. The number of hydrogen-bond donors (Lipinski definition) is 2. The van der Waals surface area contributed by atoms with Gasteiger partial charge in [-0.3, -0.25) is 4.79 Å². The van der Waals surface area contributed by atoms with Gasteiger partial charge in [-0.1, -0.05) is 58.4 Å². The normalized spacial score (nSPS) is 12.4. The number of anilines is 1. The topological polar surface area (TPSA) is 75.3 Å². The number of sulfonamides is 1. The first kappa shape index (κ1) is 24.2. The van der Waals surface area contributed by atoms with Crippen molar-refractivity contribution in [3.05, 3.63) is 93.5 Å². The van der Waals surface area contributed by atoms with Crippen molar-refractivity contribution in [2.24, 2.45) is 0 Å². The Bertz CT molecular complexity index is 1170. The summed E-state index contributed by atoms with van der Waals surface area (Å²) in [5, 5.41) is 2.98. The molecule has 32 heavy (non-hydrogen) atoms. The van der Waals surface area contributed by atoms with Crippen LogP contribution in [0.1, 0.15) is 41.6 Å². The maximum atomic E-state index is 12.7. The Labute approximate surface area is 198 Å². The molecule has 0 radical (unpaired) electrons. The van der Waals surface area contributed by atoms with Crippen LogP contribution in [0.4, 0.5) is 5.69 Å². The van der Waals surface area contributed by atoms with Crippen molar-refractivity contribution in [1.82, 2.24) is 4.72 Å². The summed E-state index contributed by atoms with van der Waals surface area (Å²) < 4.78 is 29.1. The van der Waals surface area contributed by atoms with Crippen LogP contribution in [0.2, 0.25) is 0 Å². The summed E-state index contributed by atoms with van der Waals surface area (Å²) in [5.74, 6) is -0.0754. The zero-order valence-corrected chi connectivity index (χ0v) is 20.8. The molecule has 3 rings (SSSR count). The van der Waals surface area contributed by atoms with E-state index >= 15 is 0 Å². The van der Waals surface area contributed by atoms with E-state index in [1.165, 1.54) is 0 Å². The summed E-state index contributed by atoms with van der Waals surface area (Å²) in [7, 11) is -3.64. The Morgan fingerprint density at radius 2 is 1.56 bits per heavy atom. The molecule has 3 aromatic rings. The van der Waals surface area contributed by atoms with Crippen LogP contribution in [0, 0.1) is 13.8 Å². The van der Waals surface area contributed by atoms with Crippen molar-refractivity contribution >= 4 is 37.5 Å². The van der Waals surface area contributed by atoms with Crippen LogP contribution in [0.15, 0.2) is 76.1 Å². The van der Waals surface area contributed by atoms with Gasteiger partial charge in [0.25, 0.3) is 0 Å². The van der Waals surface area contributed by atoms with Crippen molar-refractivity contribution < 1.29 is 13.2 Å². The van der Waals surface area contributed by atoms with Crippen LogP contribution in [-0.2, 0) is 21.2 Å². The quantitative estimate of drug-likeness (QED) is 0.406. The molecule has 0 saturated carbocycles. The molecule has 2 N–H and O–H groups in total. The minimum absolute atomic E-state index is 0.0754. The molecule has 7 heteroatoms. The van der Waals surface area contributed by atoms with E-state index < -0.39 is 10.0 Å². The average molecular weight is 515 g/mol. The predicted molar refractivity (Wildman–Crippen MR) is 132 cm³/mol. The smallest absolute Gasteiger partial charge is 0.241 e. The summed E-state index contributed by atoms with van der Waals surface area (Å²) in [6.07, 6.45) is 0.832. The van der Waals surface area contributed by atoms with Gasteiger partial charge in [0.2, 0.25) is 15.9 Å². The van der Waals surface area contributed by atoms with Gasteiger partial charge in [0.05, 0.1) is 4.90 Å². The molecule has 0 unspecified atom stereocenters. The molecule has 5 nitrogen and oxygen atoms in total. The van der Waals surface area contributed by atoms with E-state index in [1.807, 2.05) is 63.2 Å². The van der Waals surface area contributed by atoms with E-state index in [9.17, 15) is 13.2 Å². The van der Waals surface area contributed by atoms with Gasteiger partial charge in [0.1, 0.15) is 0 Å². The molecule has 0 aliphatic heterocycles. The molecular formula is C25H27BrN2O3S. The van der Waals surface area contributed by atoms with Gasteiger partial charge in [-0.2, -0.15) is 0 Å². The lowest BCUT2D eigenvalue weighted by molar-refractivity contribution is -0.116. The van der Waals surface area contributed by atoms with Gasteiger partial charge in [-0.25, -0.2) is 13.1 Å². The molecule has 0 bridgehead atoms. The summed E-state index contributed by atoms with van der Waals surface area (Å²) in [4.78, 5) is 12.6. The van der Waals surface area contributed by atoms with Crippen molar-refractivity contribution in [2.75, 3.05) is 5.32 Å². The van der Waals surface area contributed by atoms with Gasteiger partial charge in [-0.05, 0) is 73.7 Å². The average Bonchev–Trinajstić information content (AvgIpc) is 2.75. The molecular weight excluding hydrogens is 488 g/mol. The largest absolute Gasteiger partial charge is 0.326 e. The lowest BCUT2D eigenvalue weighted by atomic mass is 10.1. The highest BCUT2D eigenvalue weighted by Crippen LogP contribution is 2.25. The van der Waals surface area contributed by atoms with Gasteiger partial charge in [0, 0.05) is 22.6 Å². The standard InChI is InChI=1S/C25H27BrN2O3S/c1-17-15-22(26)16-18(2)25(17)27-24(29)14-11-20-9-12-23(13-10-20)32(30,31)28-19(3)21-7-5-4-6-8-21/h4-10,12-13,15-16,19,28H,11,14H2,1-3H3,(H,27,29)/t19-/m1/s1. The van der Waals surface area contributed by atoms with Gasteiger partial charge in [0.15, 0.2) is 0 Å². The molecule has 1 atom stereocenters. The Kier molecular flexibility index (Phi) is 7.87. The van der Waals surface area contributed by atoms with Crippen LogP contribution in [0.25, 0.3) is 0 Å². The third-order valence-corrected chi connectivity index (χ3v) is 7.28. The minimum atomic E-state index is -3.64. The van der Waals surface area contributed by atoms with Crippen molar-refractivity contribution in [3.63, 3.8) is 0 Å². The van der Waals surface area contributed by atoms with Gasteiger partial charge in [-0.15, -0.1) is 0 Å². The maximum Gasteiger partial charge on any atom is 0.241 e. The SMILES string of the molecule is Cc1cc(Br)cc(C)c1NC(=O)CCc1ccc(S(=O)(=O)N[C@H](C)c2ccccc2)cc1. The molecule has 0 aromatic heterocycles. The third-order valence-electron chi connectivity index (χ3n) is 5.27. The van der Waals surface area contributed by atoms with Crippen LogP contribution < -0.4 is 10.0 Å². The van der Waals surface area contributed by atoms with E-state index in [0.717, 1.165) is 32.4 Å². The van der Waals surface area contributed by atoms with Crippen molar-refractivity contribution in [1.29, 1.82) is 0 Å². The Morgan fingerprint density at radius 3 is 2.16 bits per heavy atom. The highest BCUT2D eigenvalue weighted by molar-refractivity contribution is 9.10. The number of benzene rings is 3. The number of carbonyl (C=O) groups is 1. The zero-order valence-electron chi connectivity index (χ0n) is 18.4. The maximum absolute atomic E-state index is 12.7. The van der Waals surface area contributed by atoms with E-state index in [-0.39, 0.29) is 16.8 Å². The number of rotatable bonds is 8. The van der Waals surface area contributed by atoms with Crippen LogP contribution in [0.3, 0.4) is 0 Å². The highest BCUT2D eigenvalue weighted by Gasteiger charge is 2.18. The fourth-order valence-corrected chi connectivity index (χ4v) is 5.43. The number of aryl methyl sites for hydroxylation is 3. The number of amides is 1. The lowest BCUT2D eigenvalue weighted by Crippen LogP contribution is -2.26.